The van der Waals surface area contributed by atoms with Crippen molar-refractivity contribution < 1.29 is 19.5 Å². The lowest BCUT2D eigenvalue weighted by molar-refractivity contribution is -0.148. The SMILES string of the molecule is C[C@@H]1CCCCN1C(=O)c1ccc(NC(=O)CC(C)(C)C(=O)O)cc1. The first kappa shape index (κ1) is 19.0. The van der Waals surface area contributed by atoms with Gasteiger partial charge in [0.25, 0.3) is 5.91 Å². The summed E-state index contributed by atoms with van der Waals surface area (Å²) in [5.41, 5.74) is 0.0248. The van der Waals surface area contributed by atoms with Crippen molar-refractivity contribution in [2.24, 2.45) is 5.41 Å². The molecule has 0 bridgehead atoms. The molecule has 0 saturated carbocycles. The van der Waals surface area contributed by atoms with Crippen LogP contribution in [0.5, 0.6) is 0 Å². The minimum atomic E-state index is -1.12. The van der Waals surface area contributed by atoms with E-state index in [1.807, 2.05) is 4.90 Å². The van der Waals surface area contributed by atoms with Gasteiger partial charge < -0.3 is 15.3 Å². The van der Waals surface area contributed by atoms with Crippen LogP contribution in [0.2, 0.25) is 0 Å². The Hall–Kier alpha value is -2.37. The lowest BCUT2D eigenvalue weighted by Gasteiger charge is -2.33. The third-order valence-electron chi connectivity index (χ3n) is 4.66. The van der Waals surface area contributed by atoms with Gasteiger partial charge >= 0.3 is 5.97 Å². The molecule has 136 valence electrons. The van der Waals surface area contributed by atoms with Gasteiger partial charge in [0, 0.05) is 30.3 Å². The molecular weight excluding hydrogens is 320 g/mol. The fraction of sp³-hybridized carbons (Fsp3) is 0.526. The van der Waals surface area contributed by atoms with Gasteiger partial charge in [0.15, 0.2) is 0 Å². The fourth-order valence-corrected chi connectivity index (χ4v) is 2.94. The maximum absolute atomic E-state index is 12.6. The van der Waals surface area contributed by atoms with Crippen molar-refractivity contribution in [3.63, 3.8) is 0 Å². The number of hydrogen-bond donors (Lipinski definition) is 2. The van der Waals surface area contributed by atoms with Crippen molar-refractivity contribution in [1.82, 2.24) is 4.90 Å². The predicted octanol–water partition coefficient (Wildman–Crippen LogP) is 3.14. The normalized spacial score (nSPS) is 17.9. The average molecular weight is 346 g/mol. The summed E-state index contributed by atoms with van der Waals surface area (Å²) in [6.07, 6.45) is 3.10. The second-order valence-corrected chi connectivity index (χ2v) is 7.33. The van der Waals surface area contributed by atoms with E-state index in [1.54, 1.807) is 24.3 Å². The molecule has 1 aromatic rings. The van der Waals surface area contributed by atoms with Gasteiger partial charge in [0.1, 0.15) is 0 Å². The average Bonchev–Trinajstić information content (AvgIpc) is 2.54. The number of carboxylic acid groups (broad SMARTS) is 1. The molecule has 6 nitrogen and oxygen atoms in total. The Labute approximate surface area is 148 Å². The van der Waals surface area contributed by atoms with E-state index in [9.17, 15) is 14.4 Å². The van der Waals surface area contributed by atoms with Gasteiger partial charge in [-0.25, -0.2) is 0 Å². The summed E-state index contributed by atoms with van der Waals surface area (Å²) in [5, 5.41) is 11.8. The van der Waals surface area contributed by atoms with Crippen LogP contribution in [0, 0.1) is 5.41 Å². The number of nitrogens with zero attached hydrogens (tertiary/aromatic N) is 1. The van der Waals surface area contributed by atoms with Crippen molar-refractivity contribution in [2.75, 3.05) is 11.9 Å². The topological polar surface area (TPSA) is 86.7 Å². The van der Waals surface area contributed by atoms with Crippen molar-refractivity contribution in [3.8, 4) is 0 Å². The highest BCUT2D eigenvalue weighted by Crippen LogP contribution is 2.22. The Kier molecular flexibility index (Phi) is 5.82. The molecule has 0 unspecified atom stereocenters. The molecular formula is C19H26N2O4. The molecule has 1 aromatic carbocycles. The second kappa shape index (κ2) is 7.68. The standard InChI is InChI=1S/C19H26N2O4/c1-13-6-4-5-11-21(13)17(23)14-7-9-15(10-8-14)20-16(22)12-19(2,3)18(24)25/h7-10,13H,4-6,11-12H2,1-3H3,(H,20,22)(H,24,25)/t13-/m1/s1. The molecule has 1 atom stereocenters. The molecule has 1 saturated heterocycles. The van der Waals surface area contributed by atoms with Gasteiger partial charge in [-0.2, -0.15) is 0 Å². The van der Waals surface area contributed by atoms with Crippen LogP contribution in [0.3, 0.4) is 0 Å². The third-order valence-corrected chi connectivity index (χ3v) is 4.66. The number of anilines is 1. The molecule has 1 fully saturated rings. The summed E-state index contributed by atoms with van der Waals surface area (Å²) in [5.74, 6) is -1.37. The first-order chi connectivity index (χ1) is 11.7. The molecule has 6 heteroatoms. The first-order valence-electron chi connectivity index (χ1n) is 8.65. The highest BCUT2D eigenvalue weighted by Gasteiger charge is 2.30. The Bertz CT molecular complexity index is 652. The van der Waals surface area contributed by atoms with Crippen molar-refractivity contribution in [2.45, 2.75) is 52.5 Å². The number of hydrogen-bond acceptors (Lipinski definition) is 3. The highest BCUT2D eigenvalue weighted by atomic mass is 16.4. The maximum atomic E-state index is 12.6. The minimum absolute atomic E-state index is 0.0112. The zero-order valence-corrected chi connectivity index (χ0v) is 15.0. The van der Waals surface area contributed by atoms with E-state index in [4.69, 9.17) is 5.11 Å². The Morgan fingerprint density at radius 2 is 1.84 bits per heavy atom. The smallest absolute Gasteiger partial charge is 0.309 e. The van der Waals surface area contributed by atoms with Gasteiger partial charge in [-0.05, 0) is 64.3 Å². The molecule has 2 rings (SSSR count). The number of likely N-dealkylation sites (tertiary alicyclic amines) is 1. The summed E-state index contributed by atoms with van der Waals surface area (Å²) >= 11 is 0. The van der Waals surface area contributed by atoms with E-state index in [0.717, 1.165) is 25.8 Å². The van der Waals surface area contributed by atoms with Crippen LogP contribution < -0.4 is 5.32 Å². The molecule has 0 aliphatic carbocycles. The lowest BCUT2D eigenvalue weighted by Crippen LogP contribution is -2.42. The number of rotatable bonds is 5. The number of nitrogens with one attached hydrogen (secondary N) is 1. The van der Waals surface area contributed by atoms with Crippen LogP contribution in [-0.4, -0.2) is 40.4 Å². The van der Waals surface area contributed by atoms with Crippen LogP contribution in [0.15, 0.2) is 24.3 Å². The van der Waals surface area contributed by atoms with E-state index in [0.29, 0.717) is 11.3 Å². The predicted molar refractivity (Wildman–Crippen MR) is 95.5 cm³/mol. The number of carboxylic acids is 1. The lowest BCUT2D eigenvalue weighted by atomic mass is 9.89. The van der Waals surface area contributed by atoms with Gasteiger partial charge in [-0.1, -0.05) is 0 Å². The number of carbonyl (C=O) groups is 3. The molecule has 0 radical (unpaired) electrons. The fourth-order valence-electron chi connectivity index (χ4n) is 2.94. The maximum Gasteiger partial charge on any atom is 0.309 e. The van der Waals surface area contributed by atoms with Crippen LogP contribution in [0.4, 0.5) is 5.69 Å². The number of carbonyl (C=O) groups excluding carboxylic acids is 2. The zero-order chi connectivity index (χ0) is 18.6. The summed E-state index contributed by atoms with van der Waals surface area (Å²) < 4.78 is 0. The third kappa shape index (κ3) is 4.81. The minimum Gasteiger partial charge on any atom is -0.481 e. The van der Waals surface area contributed by atoms with Gasteiger partial charge in [0.2, 0.25) is 5.91 Å². The van der Waals surface area contributed by atoms with E-state index in [-0.39, 0.29) is 24.3 Å². The van der Waals surface area contributed by atoms with E-state index in [2.05, 4.69) is 12.2 Å². The molecule has 0 aromatic heterocycles. The van der Waals surface area contributed by atoms with E-state index < -0.39 is 11.4 Å². The monoisotopic (exact) mass is 346 g/mol. The number of amides is 2. The Morgan fingerprint density at radius 1 is 1.20 bits per heavy atom. The quantitative estimate of drug-likeness (QED) is 0.857. The summed E-state index contributed by atoms with van der Waals surface area (Å²) in [6, 6.07) is 6.99. The summed E-state index contributed by atoms with van der Waals surface area (Å²) in [7, 11) is 0. The molecule has 25 heavy (non-hydrogen) atoms. The van der Waals surface area contributed by atoms with Crippen molar-refractivity contribution in [3.05, 3.63) is 29.8 Å². The van der Waals surface area contributed by atoms with Crippen LogP contribution in [-0.2, 0) is 9.59 Å². The molecule has 1 aliphatic rings. The van der Waals surface area contributed by atoms with Crippen LogP contribution in [0.25, 0.3) is 0 Å². The van der Waals surface area contributed by atoms with Gasteiger partial charge in [-0.15, -0.1) is 0 Å². The Morgan fingerprint density at radius 3 is 2.40 bits per heavy atom. The molecule has 1 aliphatic heterocycles. The molecule has 0 spiro atoms. The highest BCUT2D eigenvalue weighted by molar-refractivity contribution is 5.97. The number of piperidine rings is 1. The van der Waals surface area contributed by atoms with E-state index in [1.165, 1.54) is 13.8 Å². The summed E-state index contributed by atoms with van der Waals surface area (Å²) in [6.45, 7) is 5.87. The number of benzene rings is 1. The van der Waals surface area contributed by atoms with Crippen molar-refractivity contribution >= 4 is 23.5 Å². The van der Waals surface area contributed by atoms with Gasteiger partial charge in [-0.3, -0.25) is 14.4 Å². The Balaban J connectivity index is 1.98. The zero-order valence-electron chi connectivity index (χ0n) is 15.0. The van der Waals surface area contributed by atoms with Crippen LogP contribution >= 0.6 is 0 Å². The largest absolute Gasteiger partial charge is 0.481 e. The molecule has 2 N–H and O–H groups in total. The molecule has 1 heterocycles. The second-order valence-electron chi connectivity index (χ2n) is 7.33. The van der Waals surface area contributed by atoms with Crippen LogP contribution in [0.1, 0.15) is 56.8 Å². The summed E-state index contributed by atoms with van der Waals surface area (Å²) in [4.78, 5) is 37.6. The first-order valence-corrected chi connectivity index (χ1v) is 8.65. The van der Waals surface area contributed by atoms with E-state index >= 15 is 0 Å². The number of aliphatic carboxylic acids is 1. The molecule has 2 amide bonds. The van der Waals surface area contributed by atoms with Crippen molar-refractivity contribution in [1.29, 1.82) is 0 Å². The van der Waals surface area contributed by atoms with Gasteiger partial charge in [0.05, 0.1) is 5.41 Å².